The van der Waals surface area contributed by atoms with E-state index >= 15 is 0 Å². The Bertz CT molecular complexity index is 908. The van der Waals surface area contributed by atoms with Gasteiger partial charge in [0.1, 0.15) is 10.9 Å². The van der Waals surface area contributed by atoms with E-state index in [2.05, 4.69) is 31.2 Å². The molecular weight excluding hydrogens is 356 g/mol. The largest absolute Gasteiger partial charge is 0.353 e. The molecule has 0 bridgehead atoms. The number of benzene rings is 1. The van der Waals surface area contributed by atoms with E-state index < -0.39 is 5.92 Å². The summed E-state index contributed by atoms with van der Waals surface area (Å²) in [5, 5.41) is 13.8. The molecule has 0 radical (unpaired) electrons. The van der Waals surface area contributed by atoms with E-state index in [1.165, 1.54) is 32.4 Å². The lowest BCUT2D eigenvalue weighted by Gasteiger charge is -2.26. The van der Waals surface area contributed by atoms with E-state index in [0.29, 0.717) is 11.6 Å². The first-order valence-electron chi connectivity index (χ1n) is 9.38. The number of fused-ring (bicyclic) bond motifs is 1. The zero-order valence-electron chi connectivity index (χ0n) is 15.1. The lowest BCUT2D eigenvalue weighted by atomic mass is 10.1. The highest BCUT2D eigenvalue weighted by Crippen LogP contribution is 2.30. The van der Waals surface area contributed by atoms with Crippen LogP contribution in [-0.4, -0.2) is 46.0 Å². The zero-order valence-corrected chi connectivity index (χ0v) is 16.0. The number of thiazole rings is 1. The molecule has 7 heteroatoms. The van der Waals surface area contributed by atoms with Crippen molar-refractivity contribution in [2.45, 2.75) is 25.2 Å². The fourth-order valence-corrected chi connectivity index (χ4v) is 4.41. The molecule has 3 aromatic rings. The number of anilines is 1. The first kappa shape index (κ1) is 17.8. The molecule has 1 aliphatic rings. The van der Waals surface area contributed by atoms with E-state index in [1.54, 1.807) is 23.6 Å². The van der Waals surface area contributed by atoms with Gasteiger partial charge in [0.15, 0.2) is 0 Å². The quantitative estimate of drug-likeness (QED) is 0.706. The Balaban J connectivity index is 1.46. The third-order valence-corrected chi connectivity index (χ3v) is 5.92. The molecule has 3 heterocycles. The topological polar surface area (TPSA) is 77.7 Å². The molecule has 0 spiro atoms. The van der Waals surface area contributed by atoms with E-state index in [9.17, 15) is 5.26 Å². The highest BCUT2D eigenvalue weighted by atomic mass is 32.1. The summed E-state index contributed by atoms with van der Waals surface area (Å²) >= 11 is 1.55. The molecule has 2 aromatic heterocycles. The standard InChI is InChI=1S/C20H22N6S/c21-14-15(19-24-17-6-2-3-7-18(17)27-19)16-8-9-22-20(25-16)23-10-13-26-11-4-1-5-12-26/h2-3,6-9,15H,1,4-5,10-13H2,(H,22,23,25). The van der Waals surface area contributed by atoms with E-state index in [1.807, 2.05) is 24.3 Å². The zero-order chi connectivity index (χ0) is 18.5. The number of para-hydroxylation sites is 1. The van der Waals surface area contributed by atoms with Gasteiger partial charge in [-0.15, -0.1) is 11.3 Å². The van der Waals surface area contributed by atoms with Crippen LogP contribution in [0.5, 0.6) is 0 Å². The molecule has 1 aromatic carbocycles. The third kappa shape index (κ3) is 4.24. The van der Waals surface area contributed by atoms with Gasteiger partial charge in [-0.1, -0.05) is 18.6 Å². The molecule has 1 N–H and O–H groups in total. The van der Waals surface area contributed by atoms with Crippen LogP contribution in [-0.2, 0) is 0 Å². The van der Waals surface area contributed by atoms with Crippen molar-refractivity contribution in [1.29, 1.82) is 5.26 Å². The second-order valence-electron chi connectivity index (χ2n) is 6.72. The number of piperidine rings is 1. The Morgan fingerprint density at radius 1 is 1.15 bits per heavy atom. The Morgan fingerprint density at radius 3 is 2.81 bits per heavy atom. The molecule has 1 unspecified atom stereocenters. The molecule has 1 aliphatic heterocycles. The Morgan fingerprint density at radius 2 is 2.00 bits per heavy atom. The lowest BCUT2D eigenvalue weighted by molar-refractivity contribution is 0.237. The first-order valence-corrected chi connectivity index (χ1v) is 10.2. The molecule has 0 amide bonds. The van der Waals surface area contributed by atoms with Gasteiger partial charge < -0.3 is 10.2 Å². The summed E-state index contributed by atoms with van der Waals surface area (Å²) < 4.78 is 1.08. The van der Waals surface area contributed by atoms with Crippen molar-refractivity contribution in [1.82, 2.24) is 19.9 Å². The van der Waals surface area contributed by atoms with Gasteiger partial charge in [0, 0.05) is 19.3 Å². The van der Waals surface area contributed by atoms with E-state index in [-0.39, 0.29) is 0 Å². The fourth-order valence-electron chi connectivity index (χ4n) is 3.39. The van der Waals surface area contributed by atoms with Crippen LogP contribution in [0.25, 0.3) is 10.2 Å². The number of hydrogen-bond acceptors (Lipinski definition) is 7. The van der Waals surface area contributed by atoms with Crippen molar-refractivity contribution >= 4 is 27.5 Å². The summed E-state index contributed by atoms with van der Waals surface area (Å²) in [4.78, 5) is 16.0. The Hall–Kier alpha value is -2.56. The van der Waals surface area contributed by atoms with Crippen molar-refractivity contribution in [3.05, 3.63) is 47.2 Å². The van der Waals surface area contributed by atoms with Crippen LogP contribution in [0.1, 0.15) is 35.9 Å². The molecule has 4 rings (SSSR count). The van der Waals surface area contributed by atoms with Gasteiger partial charge >= 0.3 is 0 Å². The molecule has 27 heavy (non-hydrogen) atoms. The minimum atomic E-state index is -0.479. The summed E-state index contributed by atoms with van der Waals surface area (Å²) in [6.45, 7) is 4.16. The van der Waals surface area contributed by atoms with Crippen LogP contribution in [0.4, 0.5) is 5.95 Å². The predicted octanol–water partition coefficient (Wildman–Crippen LogP) is 3.64. The Kier molecular flexibility index (Phi) is 5.56. The SMILES string of the molecule is N#CC(c1ccnc(NCCN2CCCCC2)n1)c1nc2ccccc2s1. The van der Waals surface area contributed by atoms with Crippen molar-refractivity contribution in [2.24, 2.45) is 0 Å². The van der Waals surface area contributed by atoms with E-state index in [4.69, 9.17) is 0 Å². The highest BCUT2D eigenvalue weighted by molar-refractivity contribution is 7.18. The molecule has 0 saturated carbocycles. The number of aromatic nitrogens is 3. The Labute approximate surface area is 162 Å². The maximum Gasteiger partial charge on any atom is 0.222 e. The number of nitrogens with one attached hydrogen (secondary N) is 1. The van der Waals surface area contributed by atoms with Gasteiger partial charge in [0.05, 0.1) is 22.0 Å². The van der Waals surface area contributed by atoms with Gasteiger partial charge in [0.25, 0.3) is 0 Å². The fraction of sp³-hybridized carbons (Fsp3) is 0.400. The minimum Gasteiger partial charge on any atom is -0.353 e. The number of nitrogens with zero attached hydrogens (tertiary/aromatic N) is 5. The van der Waals surface area contributed by atoms with Crippen LogP contribution >= 0.6 is 11.3 Å². The molecule has 1 fully saturated rings. The summed E-state index contributed by atoms with van der Waals surface area (Å²) in [7, 11) is 0. The number of likely N-dealkylation sites (tertiary alicyclic amines) is 1. The van der Waals surface area contributed by atoms with Gasteiger partial charge in [-0.05, 0) is 44.1 Å². The number of hydrogen-bond donors (Lipinski definition) is 1. The summed E-state index contributed by atoms with van der Waals surface area (Å²) in [5.41, 5.74) is 1.61. The maximum atomic E-state index is 9.72. The maximum absolute atomic E-state index is 9.72. The van der Waals surface area contributed by atoms with Crippen LogP contribution in [0, 0.1) is 11.3 Å². The average molecular weight is 379 g/mol. The predicted molar refractivity (Wildman–Crippen MR) is 108 cm³/mol. The highest BCUT2D eigenvalue weighted by Gasteiger charge is 2.20. The van der Waals surface area contributed by atoms with Crippen molar-refractivity contribution in [3.63, 3.8) is 0 Å². The molecule has 0 aliphatic carbocycles. The van der Waals surface area contributed by atoms with Crippen LogP contribution in [0.3, 0.4) is 0 Å². The normalized spacial score (nSPS) is 16.1. The van der Waals surface area contributed by atoms with Crippen molar-refractivity contribution in [2.75, 3.05) is 31.5 Å². The van der Waals surface area contributed by atoms with Crippen molar-refractivity contribution < 1.29 is 0 Å². The number of nitriles is 1. The van der Waals surface area contributed by atoms with Gasteiger partial charge in [-0.3, -0.25) is 0 Å². The molecule has 138 valence electrons. The monoisotopic (exact) mass is 378 g/mol. The smallest absolute Gasteiger partial charge is 0.222 e. The van der Waals surface area contributed by atoms with Gasteiger partial charge in [0.2, 0.25) is 5.95 Å². The molecule has 1 atom stereocenters. The molecule has 1 saturated heterocycles. The summed E-state index contributed by atoms with van der Waals surface area (Å²) in [6, 6.07) is 12.1. The molecule has 6 nitrogen and oxygen atoms in total. The second-order valence-corrected chi connectivity index (χ2v) is 7.78. The van der Waals surface area contributed by atoms with Crippen LogP contribution < -0.4 is 5.32 Å². The third-order valence-electron chi connectivity index (χ3n) is 4.82. The van der Waals surface area contributed by atoms with E-state index in [0.717, 1.165) is 28.3 Å². The van der Waals surface area contributed by atoms with Crippen LogP contribution in [0.15, 0.2) is 36.5 Å². The number of rotatable bonds is 6. The summed E-state index contributed by atoms with van der Waals surface area (Å²) in [5.74, 6) is 0.0962. The van der Waals surface area contributed by atoms with Crippen molar-refractivity contribution in [3.8, 4) is 6.07 Å². The summed E-state index contributed by atoms with van der Waals surface area (Å²) in [6.07, 6.45) is 5.63. The van der Waals surface area contributed by atoms with Gasteiger partial charge in [-0.25, -0.2) is 15.0 Å². The average Bonchev–Trinajstić information content (AvgIpc) is 3.13. The van der Waals surface area contributed by atoms with Gasteiger partial charge in [-0.2, -0.15) is 5.26 Å². The second kappa shape index (κ2) is 8.42. The molecular formula is C20H22N6S. The minimum absolute atomic E-state index is 0.479. The first-order chi connectivity index (χ1) is 13.3. The lowest BCUT2D eigenvalue weighted by Crippen LogP contribution is -2.33. The van der Waals surface area contributed by atoms with Crippen LogP contribution in [0.2, 0.25) is 0 Å².